The van der Waals surface area contributed by atoms with Gasteiger partial charge in [-0.2, -0.15) is 11.8 Å². The summed E-state index contributed by atoms with van der Waals surface area (Å²) in [5, 5.41) is 0.735. The van der Waals surface area contributed by atoms with Gasteiger partial charge in [0.05, 0.1) is 0 Å². The largest absolute Gasteiger partial charge is 0.337 e. The van der Waals surface area contributed by atoms with Gasteiger partial charge in [-0.25, -0.2) is 0 Å². The van der Waals surface area contributed by atoms with Crippen LogP contribution in [0.2, 0.25) is 0 Å². The van der Waals surface area contributed by atoms with Gasteiger partial charge >= 0.3 is 0 Å². The molecule has 0 aliphatic heterocycles. The number of imidazole rings is 1. The molecule has 1 aromatic heterocycles. The highest BCUT2D eigenvalue weighted by Crippen LogP contribution is 2.40. The Hall–Kier alpha value is -0.220. The summed E-state index contributed by atoms with van der Waals surface area (Å²) in [7, 11) is 0. The molecule has 1 N–H and O–H groups in total. The molecule has 4 heteroatoms. The lowest BCUT2D eigenvalue weighted by molar-refractivity contribution is 0.450. The average molecular weight is 284 g/mol. The minimum atomic E-state index is 0.150. The molecular weight excluding hydrogens is 260 g/mol. The van der Waals surface area contributed by atoms with Crippen molar-refractivity contribution in [1.29, 1.82) is 0 Å². The van der Waals surface area contributed by atoms with Gasteiger partial charge in [0, 0.05) is 28.6 Å². The van der Waals surface area contributed by atoms with Crippen LogP contribution in [0.25, 0.3) is 0 Å². The molecule has 1 aromatic rings. The molecule has 0 aromatic carbocycles. The molecule has 2 rings (SSSR count). The molecule has 0 radical (unpaired) electrons. The Morgan fingerprint density at radius 1 is 1.44 bits per heavy atom. The van der Waals surface area contributed by atoms with E-state index >= 15 is 0 Å². The Morgan fingerprint density at radius 3 is 2.78 bits per heavy atom. The maximum atomic E-state index is 5.51. The summed E-state index contributed by atoms with van der Waals surface area (Å²) in [6.07, 6.45) is 6.04. The average Bonchev–Trinajstić information content (AvgIpc) is 2.84. The number of nitrogens with zero attached hydrogens (tertiary/aromatic N) is 1. The Labute approximate surface area is 120 Å². The second-order valence-electron chi connectivity index (χ2n) is 6.09. The number of H-pyrrole nitrogens is 1. The summed E-state index contributed by atoms with van der Waals surface area (Å²) in [5.41, 5.74) is 1.50. The van der Waals surface area contributed by atoms with E-state index in [1.165, 1.54) is 30.7 Å². The van der Waals surface area contributed by atoms with Gasteiger partial charge in [-0.3, -0.25) is 0 Å². The summed E-state index contributed by atoms with van der Waals surface area (Å²) in [5.74, 6) is 1.20. The number of rotatable bonds is 3. The predicted molar refractivity (Wildman–Crippen MR) is 83.1 cm³/mol. The molecule has 1 fully saturated rings. The highest BCUT2D eigenvalue weighted by atomic mass is 32.2. The van der Waals surface area contributed by atoms with Crippen molar-refractivity contribution in [3.05, 3.63) is 16.7 Å². The highest BCUT2D eigenvalue weighted by Gasteiger charge is 2.32. The van der Waals surface area contributed by atoms with Gasteiger partial charge in [0.2, 0.25) is 0 Å². The fourth-order valence-electron chi connectivity index (χ4n) is 2.90. The van der Waals surface area contributed by atoms with Crippen molar-refractivity contribution in [3.8, 4) is 0 Å². The molecule has 0 amide bonds. The van der Waals surface area contributed by atoms with E-state index in [4.69, 9.17) is 12.2 Å². The molecular formula is C14H24N2S2. The second kappa shape index (κ2) is 5.41. The SMILES string of the molecule is CCSC1CCCC1n1c(C(C)(C)C)c[nH]c1=S. The van der Waals surface area contributed by atoms with Crippen molar-refractivity contribution in [2.45, 2.75) is 63.7 Å². The zero-order valence-electron chi connectivity index (χ0n) is 11.8. The van der Waals surface area contributed by atoms with Gasteiger partial charge in [0.1, 0.15) is 0 Å². The van der Waals surface area contributed by atoms with Gasteiger partial charge in [-0.05, 0) is 30.8 Å². The van der Waals surface area contributed by atoms with Crippen LogP contribution < -0.4 is 0 Å². The minimum absolute atomic E-state index is 0.150. The van der Waals surface area contributed by atoms with E-state index in [1.807, 2.05) is 0 Å². The van der Waals surface area contributed by atoms with Crippen molar-refractivity contribution < 1.29 is 0 Å². The fourth-order valence-corrected chi connectivity index (χ4v) is 4.43. The van der Waals surface area contributed by atoms with Crippen molar-refractivity contribution in [1.82, 2.24) is 9.55 Å². The lowest BCUT2D eigenvalue weighted by atomic mass is 9.92. The second-order valence-corrected chi connectivity index (χ2v) is 7.99. The molecule has 1 aliphatic carbocycles. The predicted octanol–water partition coefficient (Wildman–Crippen LogP) is 4.69. The zero-order valence-corrected chi connectivity index (χ0v) is 13.5. The lowest BCUT2D eigenvalue weighted by Gasteiger charge is -2.27. The van der Waals surface area contributed by atoms with Gasteiger partial charge in [-0.15, -0.1) is 0 Å². The Balaban J connectivity index is 2.38. The third kappa shape index (κ3) is 2.69. The smallest absolute Gasteiger partial charge is 0.177 e. The van der Waals surface area contributed by atoms with Crippen LogP contribution in [-0.4, -0.2) is 20.6 Å². The van der Waals surface area contributed by atoms with E-state index in [0.717, 1.165) is 10.0 Å². The van der Waals surface area contributed by atoms with E-state index in [1.54, 1.807) is 0 Å². The van der Waals surface area contributed by atoms with Gasteiger partial charge in [0.25, 0.3) is 0 Å². The summed E-state index contributed by atoms with van der Waals surface area (Å²) in [4.78, 5) is 3.25. The summed E-state index contributed by atoms with van der Waals surface area (Å²) in [6, 6.07) is 0.586. The first-order valence-corrected chi connectivity index (χ1v) is 8.33. The number of hydrogen-bond acceptors (Lipinski definition) is 2. The van der Waals surface area contributed by atoms with Crippen LogP contribution >= 0.6 is 24.0 Å². The third-order valence-electron chi connectivity index (χ3n) is 3.71. The molecule has 102 valence electrons. The van der Waals surface area contributed by atoms with Crippen LogP contribution in [0.1, 0.15) is 58.7 Å². The highest BCUT2D eigenvalue weighted by molar-refractivity contribution is 7.99. The molecule has 18 heavy (non-hydrogen) atoms. The first kappa shape index (κ1) is 14.2. The lowest BCUT2D eigenvalue weighted by Crippen LogP contribution is -2.24. The van der Waals surface area contributed by atoms with Crippen LogP contribution in [0.15, 0.2) is 6.20 Å². The van der Waals surface area contributed by atoms with Gasteiger partial charge in [-0.1, -0.05) is 34.1 Å². The monoisotopic (exact) mass is 284 g/mol. The topological polar surface area (TPSA) is 20.7 Å². The molecule has 2 unspecified atom stereocenters. The molecule has 0 saturated heterocycles. The van der Waals surface area contributed by atoms with Gasteiger partial charge in [0.15, 0.2) is 4.77 Å². The summed E-state index contributed by atoms with van der Waals surface area (Å²) < 4.78 is 3.30. The van der Waals surface area contributed by atoms with Crippen LogP contribution in [0.4, 0.5) is 0 Å². The fraction of sp³-hybridized carbons (Fsp3) is 0.786. The van der Waals surface area contributed by atoms with Crippen molar-refractivity contribution in [2.24, 2.45) is 0 Å². The Bertz CT molecular complexity index is 453. The van der Waals surface area contributed by atoms with Crippen molar-refractivity contribution in [2.75, 3.05) is 5.75 Å². The zero-order chi connectivity index (χ0) is 13.3. The molecule has 1 heterocycles. The normalized spacial score (nSPS) is 24.7. The Morgan fingerprint density at radius 2 is 2.17 bits per heavy atom. The van der Waals surface area contributed by atoms with E-state index in [-0.39, 0.29) is 5.41 Å². The Kier molecular flexibility index (Phi) is 4.27. The van der Waals surface area contributed by atoms with E-state index in [2.05, 4.69) is 55.2 Å². The molecule has 2 atom stereocenters. The third-order valence-corrected chi connectivity index (χ3v) is 5.34. The van der Waals surface area contributed by atoms with Crippen LogP contribution in [0.3, 0.4) is 0 Å². The summed E-state index contributed by atoms with van der Waals surface area (Å²) >= 11 is 7.61. The number of aromatic nitrogens is 2. The molecule has 1 aliphatic rings. The number of hydrogen-bond donors (Lipinski definition) is 1. The first-order valence-electron chi connectivity index (χ1n) is 6.87. The summed E-state index contributed by atoms with van der Waals surface area (Å²) in [6.45, 7) is 9.04. The van der Waals surface area contributed by atoms with Crippen LogP contribution in [-0.2, 0) is 5.41 Å². The molecule has 0 bridgehead atoms. The molecule has 1 saturated carbocycles. The van der Waals surface area contributed by atoms with E-state index in [0.29, 0.717) is 6.04 Å². The van der Waals surface area contributed by atoms with Gasteiger partial charge < -0.3 is 9.55 Å². The standard InChI is InChI=1S/C14H24N2S2/c1-5-18-11-8-6-7-10(11)16-12(14(2,3)4)9-15-13(16)17/h9-11H,5-8H2,1-4H3,(H,15,17). The number of aromatic amines is 1. The maximum Gasteiger partial charge on any atom is 0.177 e. The maximum absolute atomic E-state index is 5.51. The van der Waals surface area contributed by atoms with E-state index < -0.39 is 0 Å². The van der Waals surface area contributed by atoms with Crippen molar-refractivity contribution >= 4 is 24.0 Å². The minimum Gasteiger partial charge on any atom is -0.337 e. The van der Waals surface area contributed by atoms with Crippen LogP contribution in [0, 0.1) is 4.77 Å². The quantitative estimate of drug-likeness (QED) is 0.813. The number of nitrogens with one attached hydrogen (secondary N) is 1. The molecule has 0 spiro atoms. The number of thioether (sulfide) groups is 1. The van der Waals surface area contributed by atoms with E-state index in [9.17, 15) is 0 Å². The first-order chi connectivity index (χ1) is 8.45. The van der Waals surface area contributed by atoms with Crippen LogP contribution in [0.5, 0.6) is 0 Å². The molecule has 2 nitrogen and oxygen atoms in total. The van der Waals surface area contributed by atoms with Crippen molar-refractivity contribution in [3.63, 3.8) is 0 Å².